The van der Waals surface area contributed by atoms with Crippen LogP contribution in [0.15, 0.2) is 11.6 Å². The molecule has 1 amide bonds. The lowest BCUT2D eigenvalue weighted by Crippen LogP contribution is -2.65. The van der Waals surface area contributed by atoms with Gasteiger partial charge in [-0.05, 0) is 33.1 Å². The van der Waals surface area contributed by atoms with Gasteiger partial charge in [0.25, 0.3) is 0 Å². The van der Waals surface area contributed by atoms with E-state index < -0.39 is 42.0 Å². The van der Waals surface area contributed by atoms with Gasteiger partial charge in [0.15, 0.2) is 0 Å². The number of thioether (sulfide) groups is 1. The average Bonchev–Trinajstić information content (AvgIpc) is 2.99. The van der Waals surface area contributed by atoms with E-state index in [1.807, 2.05) is 18.9 Å². The van der Waals surface area contributed by atoms with Gasteiger partial charge in [-0.3, -0.25) is 9.69 Å². The van der Waals surface area contributed by atoms with E-state index in [1.165, 1.54) is 24.3 Å². The number of nitrogens with zero attached hydrogens (tertiary/aromatic N) is 1. The summed E-state index contributed by atoms with van der Waals surface area (Å²) in [5.41, 5.74) is 0.434. The summed E-state index contributed by atoms with van der Waals surface area (Å²) >= 11 is 1.19. The lowest BCUT2D eigenvalue weighted by Gasteiger charge is -2.44. The second kappa shape index (κ2) is 9.69. The Labute approximate surface area is 164 Å². The topological polar surface area (TPSA) is 122 Å². The second-order valence-electron chi connectivity index (χ2n) is 7.36. The van der Waals surface area contributed by atoms with E-state index in [2.05, 4.69) is 11.4 Å². The fourth-order valence-corrected chi connectivity index (χ4v) is 4.41. The Morgan fingerprint density at radius 2 is 2.04 bits per heavy atom. The molecule has 5 N–H and O–H groups in total. The fraction of sp³-hybridized carbons (Fsp3) is 0.833. The molecule has 2 heterocycles. The smallest absolute Gasteiger partial charge is 0.238 e. The van der Waals surface area contributed by atoms with Crippen molar-refractivity contribution in [1.29, 1.82) is 0 Å². The van der Waals surface area contributed by atoms with Gasteiger partial charge in [0.2, 0.25) is 5.91 Å². The third-order valence-electron chi connectivity index (χ3n) is 5.26. The van der Waals surface area contributed by atoms with Crippen LogP contribution in [0.3, 0.4) is 0 Å². The number of rotatable bonds is 6. The van der Waals surface area contributed by atoms with Crippen LogP contribution in [0, 0.1) is 0 Å². The molecule has 0 aliphatic carbocycles. The summed E-state index contributed by atoms with van der Waals surface area (Å²) in [7, 11) is 1.87. The fourth-order valence-electron chi connectivity index (χ4n) is 3.73. The molecule has 2 rings (SSSR count). The molecule has 2 fully saturated rings. The third-order valence-corrected chi connectivity index (χ3v) is 6.11. The monoisotopic (exact) mass is 404 g/mol. The predicted molar refractivity (Wildman–Crippen MR) is 103 cm³/mol. The van der Waals surface area contributed by atoms with Crippen molar-refractivity contribution in [2.75, 3.05) is 19.8 Å². The quantitative estimate of drug-likeness (QED) is 0.360. The highest BCUT2D eigenvalue weighted by Crippen LogP contribution is 2.30. The van der Waals surface area contributed by atoms with Crippen molar-refractivity contribution in [3.8, 4) is 0 Å². The molecule has 0 bridgehead atoms. The van der Waals surface area contributed by atoms with Crippen LogP contribution in [-0.2, 0) is 9.53 Å². The van der Waals surface area contributed by atoms with E-state index in [4.69, 9.17) is 4.74 Å². The molecule has 0 aromatic rings. The predicted octanol–water partition coefficient (Wildman–Crippen LogP) is -0.937. The van der Waals surface area contributed by atoms with Gasteiger partial charge in [0.1, 0.15) is 29.9 Å². The van der Waals surface area contributed by atoms with E-state index >= 15 is 0 Å². The first-order valence-electron chi connectivity index (χ1n) is 9.30. The van der Waals surface area contributed by atoms with Gasteiger partial charge < -0.3 is 30.5 Å². The molecule has 27 heavy (non-hydrogen) atoms. The maximum atomic E-state index is 12.8. The van der Waals surface area contributed by atoms with E-state index in [1.54, 1.807) is 6.26 Å². The molecule has 0 radical (unpaired) electrons. The van der Waals surface area contributed by atoms with Gasteiger partial charge in [-0.15, -0.1) is 11.8 Å². The Morgan fingerprint density at radius 3 is 2.59 bits per heavy atom. The van der Waals surface area contributed by atoms with Gasteiger partial charge in [-0.2, -0.15) is 0 Å². The summed E-state index contributed by atoms with van der Waals surface area (Å²) in [6.45, 7) is 4.26. The number of aliphatic hydroxyl groups is 4. The van der Waals surface area contributed by atoms with Crippen LogP contribution in [0.1, 0.15) is 26.7 Å². The summed E-state index contributed by atoms with van der Waals surface area (Å²) < 4.78 is 5.71. The zero-order valence-corrected chi connectivity index (χ0v) is 17.1. The molecule has 0 spiro atoms. The van der Waals surface area contributed by atoms with Crippen molar-refractivity contribution >= 4 is 17.7 Å². The molecule has 9 heteroatoms. The molecule has 0 saturated carbocycles. The summed E-state index contributed by atoms with van der Waals surface area (Å²) in [5.74, 6) is -0.264. The highest BCUT2D eigenvalue weighted by molar-refractivity contribution is 7.99. The summed E-state index contributed by atoms with van der Waals surface area (Å²) in [6.07, 6.45) is -0.812. The van der Waals surface area contributed by atoms with Crippen LogP contribution in [-0.4, -0.2) is 99.1 Å². The van der Waals surface area contributed by atoms with Gasteiger partial charge >= 0.3 is 0 Å². The Bertz CT molecular complexity index is 544. The molecular weight excluding hydrogens is 372 g/mol. The standard InChI is InChI=1S/C18H32N2O6S/c1-5-6-10-7-11(20(3)8-10)17(25)19-12(9(2)21)16-14(23)13(22)15(24)18(26-16)27-4/h6,9,11-16,18,21-24H,5,7-8H2,1-4H3,(H,19,25)/b10-6-. The van der Waals surface area contributed by atoms with Crippen LogP contribution >= 0.6 is 11.8 Å². The minimum Gasteiger partial charge on any atom is -0.391 e. The van der Waals surface area contributed by atoms with Crippen LogP contribution < -0.4 is 5.32 Å². The number of ether oxygens (including phenoxy) is 1. The largest absolute Gasteiger partial charge is 0.391 e. The molecular formula is C18H32N2O6S. The number of aliphatic hydroxyl groups excluding tert-OH is 4. The number of likely N-dealkylation sites (N-methyl/N-ethyl adjacent to an activating group) is 1. The van der Waals surface area contributed by atoms with Crippen LogP contribution in [0.5, 0.6) is 0 Å². The first kappa shape index (κ1) is 22.6. The summed E-state index contributed by atoms with van der Waals surface area (Å²) in [6, 6.07) is -1.28. The molecule has 8 unspecified atom stereocenters. The Kier molecular flexibility index (Phi) is 8.11. The van der Waals surface area contributed by atoms with Gasteiger partial charge in [-0.1, -0.05) is 18.6 Å². The minimum atomic E-state index is -1.43. The number of likely N-dealkylation sites (tertiary alicyclic amines) is 1. The van der Waals surface area contributed by atoms with E-state index in [9.17, 15) is 25.2 Å². The van der Waals surface area contributed by atoms with Crippen molar-refractivity contribution in [2.24, 2.45) is 0 Å². The third kappa shape index (κ3) is 5.03. The van der Waals surface area contributed by atoms with E-state index in [-0.39, 0.29) is 11.9 Å². The number of carbonyl (C=O) groups is 1. The molecule has 2 aliphatic rings. The molecule has 2 aliphatic heterocycles. The first-order valence-corrected chi connectivity index (χ1v) is 10.6. The number of hydrogen-bond acceptors (Lipinski definition) is 8. The number of allylic oxidation sites excluding steroid dienone is 1. The van der Waals surface area contributed by atoms with Crippen LogP contribution in [0.25, 0.3) is 0 Å². The first-order chi connectivity index (χ1) is 12.7. The average molecular weight is 405 g/mol. The van der Waals surface area contributed by atoms with Gasteiger partial charge in [0, 0.05) is 6.54 Å². The number of hydrogen-bond donors (Lipinski definition) is 5. The van der Waals surface area contributed by atoms with Gasteiger partial charge in [0.05, 0.1) is 18.2 Å². The van der Waals surface area contributed by atoms with E-state index in [0.717, 1.165) is 6.42 Å². The molecule has 0 aromatic heterocycles. The Morgan fingerprint density at radius 1 is 1.37 bits per heavy atom. The maximum absolute atomic E-state index is 12.8. The highest BCUT2D eigenvalue weighted by Gasteiger charge is 2.48. The summed E-state index contributed by atoms with van der Waals surface area (Å²) in [4.78, 5) is 14.8. The van der Waals surface area contributed by atoms with E-state index in [0.29, 0.717) is 13.0 Å². The van der Waals surface area contributed by atoms with Crippen LogP contribution in [0.4, 0.5) is 0 Å². The molecule has 8 nitrogen and oxygen atoms in total. The normalized spacial score (nSPS) is 38.7. The lowest BCUT2D eigenvalue weighted by molar-refractivity contribution is -0.211. The zero-order chi connectivity index (χ0) is 20.3. The Hall–Kier alpha value is -0.680. The molecule has 2 saturated heterocycles. The zero-order valence-electron chi connectivity index (χ0n) is 16.3. The lowest BCUT2D eigenvalue weighted by atomic mass is 9.92. The van der Waals surface area contributed by atoms with Crippen molar-refractivity contribution in [3.63, 3.8) is 0 Å². The molecule has 156 valence electrons. The van der Waals surface area contributed by atoms with Crippen molar-refractivity contribution < 1.29 is 30.0 Å². The number of amides is 1. The number of nitrogens with one attached hydrogen (secondary N) is 1. The summed E-state index contributed by atoms with van der Waals surface area (Å²) in [5, 5.41) is 43.5. The number of carbonyl (C=O) groups excluding carboxylic acids is 1. The molecule has 8 atom stereocenters. The second-order valence-corrected chi connectivity index (χ2v) is 8.29. The highest BCUT2D eigenvalue weighted by atomic mass is 32.2. The van der Waals surface area contributed by atoms with Crippen molar-refractivity contribution in [1.82, 2.24) is 10.2 Å². The molecule has 0 aromatic carbocycles. The van der Waals surface area contributed by atoms with Crippen molar-refractivity contribution in [3.05, 3.63) is 11.6 Å². The maximum Gasteiger partial charge on any atom is 0.238 e. The van der Waals surface area contributed by atoms with Crippen molar-refractivity contribution in [2.45, 2.75) is 74.7 Å². The Balaban J connectivity index is 2.13. The SMILES string of the molecule is CC/C=C1/CC(C(=O)NC(C(C)O)C2OC(SC)C(O)C(O)C2O)N(C)C1. The van der Waals surface area contributed by atoms with Crippen LogP contribution in [0.2, 0.25) is 0 Å². The minimum absolute atomic E-state index is 0.264. The van der Waals surface area contributed by atoms with Gasteiger partial charge in [-0.25, -0.2) is 0 Å².